The van der Waals surface area contributed by atoms with E-state index < -0.39 is 6.23 Å². The monoisotopic (exact) mass is 215 g/mol. The molecule has 16 heavy (non-hydrogen) atoms. The van der Waals surface area contributed by atoms with Gasteiger partial charge in [0, 0.05) is 0 Å². The molecule has 0 aliphatic carbocycles. The van der Waals surface area contributed by atoms with Crippen molar-refractivity contribution in [2.75, 3.05) is 7.05 Å². The number of fused-ring (bicyclic) bond motifs is 1. The lowest BCUT2D eigenvalue weighted by Crippen LogP contribution is -2.24. The minimum absolute atomic E-state index is 0.411. The minimum Gasteiger partial charge on any atom is -0.379 e. The summed E-state index contributed by atoms with van der Waals surface area (Å²) in [6.45, 7) is 0. The van der Waals surface area contributed by atoms with Gasteiger partial charge in [-0.05, 0) is 36.2 Å². The van der Waals surface area contributed by atoms with Crippen molar-refractivity contribution in [3.8, 4) is 0 Å². The summed E-state index contributed by atoms with van der Waals surface area (Å²) in [4.78, 5) is 0. The number of hydrogen-bond acceptors (Lipinski definition) is 2. The van der Waals surface area contributed by atoms with Gasteiger partial charge in [-0.15, -0.1) is 0 Å². The maximum Gasteiger partial charge on any atom is 0.104 e. The highest BCUT2D eigenvalue weighted by Gasteiger charge is 2.01. The molecule has 0 radical (unpaired) electrons. The van der Waals surface area contributed by atoms with E-state index in [4.69, 9.17) is 0 Å². The molecule has 0 amide bonds. The fraction of sp³-hybridized carbons (Fsp3) is 0.286. The average Bonchev–Trinajstić information content (AvgIpc) is 2.35. The molecule has 84 valence electrons. The van der Waals surface area contributed by atoms with Crippen molar-refractivity contribution in [3.63, 3.8) is 0 Å². The van der Waals surface area contributed by atoms with Crippen LogP contribution in [0, 0.1) is 0 Å². The van der Waals surface area contributed by atoms with Crippen molar-refractivity contribution < 1.29 is 5.11 Å². The number of rotatable bonds is 4. The van der Waals surface area contributed by atoms with Crippen LogP contribution in [0.25, 0.3) is 10.8 Å². The second-order valence-corrected chi connectivity index (χ2v) is 4.02. The lowest BCUT2D eigenvalue weighted by Gasteiger charge is -2.09. The summed E-state index contributed by atoms with van der Waals surface area (Å²) < 4.78 is 0. The van der Waals surface area contributed by atoms with Gasteiger partial charge in [0.05, 0.1) is 0 Å². The average molecular weight is 215 g/mol. The summed E-state index contributed by atoms with van der Waals surface area (Å²) in [5, 5.41) is 14.8. The lowest BCUT2D eigenvalue weighted by molar-refractivity contribution is 0.137. The zero-order valence-electron chi connectivity index (χ0n) is 9.48. The molecule has 0 spiro atoms. The van der Waals surface area contributed by atoms with Crippen molar-refractivity contribution in [1.82, 2.24) is 5.32 Å². The summed E-state index contributed by atoms with van der Waals surface area (Å²) in [7, 11) is 1.77. The third kappa shape index (κ3) is 2.60. The first kappa shape index (κ1) is 11.1. The molecule has 2 N–H and O–H groups in total. The van der Waals surface area contributed by atoms with Gasteiger partial charge < -0.3 is 5.11 Å². The van der Waals surface area contributed by atoms with Gasteiger partial charge in [-0.25, -0.2) is 0 Å². The van der Waals surface area contributed by atoms with E-state index in [-0.39, 0.29) is 0 Å². The van der Waals surface area contributed by atoms with Crippen LogP contribution in [0.1, 0.15) is 12.0 Å². The van der Waals surface area contributed by atoms with E-state index >= 15 is 0 Å². The van der Waals surface area contributed by atoms with Crippen molar-refractivity contribution in [3.05, 3.63) is 48.0 Å². The first-order valence-corrected chi connectivity index (χ1v) is 5.62. The minimum atomic E-state index is -0.411. The Morgan fingerprint density at radius 3 is 2.62 bits per heavy atom. The highest BCUT2D eigenvalue weighted by Crippen LogP contribution is 2.16. The van der Waals surface area contributed by atoms with Crippen LogP contribution >= 0.6 is 0 Å². The van der Waals surface area contributed by atoms with Gasteiger partial charge in [0.1, 0.15) is 6.23 Å². The number of aliphatic hydroxyl groups is 1. The molecule has 2 heteroatoms. The molecule has 0 aliphatic heterocycles. The first-order chi connectivity index (χ1) is 7.79. The summed E-state index contributed by atoms with van der Waals surface area (Å²) in [5.41, 5.74) is 1.27. The molecule has 0 fully saturated rings. The Morgan fingerprint density at radius 2 is 1.88 bits per heavy atom. The molecule has 2 nitrogen and oxygen atoms in total. The Hall–Kier alpha value is -1.38. The van der Waals surface area contributed by atoms with Crippen LogP contribution in [0.15, 0.2) is 42.5 Å². The number of hydrogen-bond donors (Lipinski definition) is 2. The van der Waals surface area contributed by atoms with Crippen molar-refractivity contribution in [2.24, 2.45) is 0 Å². The maximum atomic E-state index is 9.42. The van der Waals surface area contributed by atoms with Gasteiger partial charge in [-0.2, -0.15) is 0 Å². The van der Waals surface area contributed by atoms with E-state index in [2.05, 4.69) is 41.7 Å². The Balaban J connectivity index is 2.13. The van der Waals surface area contributed by atoms with Crippen molar-refractivity contribution in [2.45, 2.75) is 19.1 Å². The van der Waals surface area contributed by atoms with Crippen LogP contribution in [-0.2, 0) is 6.42 Å². The quantitative estimate of drug-likeness (QED) is 0.767. The lowest BCUT2D eigenvalue weighted by atomic mass is 10.0. The van der Waals surface area contributed by atoms with Crippen molar-refractivity contribution in [1.29, 1.82) is 0 Å². The standard InChI is InChI=1S/C14H17NO/c1-15-14(16)9-7-11-6-8-12-4-2-3-5-13(12)10-11/h2-6,8,10,14-16H,7,9H2,1H3/t14-/m1/s1. The van der Waals surface area contributed by atoms with Gasteiger partial charge in [0.2, 0.25) is 0 Å². The van der Waals surface area contributed by atoms with Gasteiger partial charge in [0.25, 0.3) is 0 Å². The number of nitrogens with one attached hydrogen (secondary N) is 1. The first-order valence-electron chi connectivity index (χ1n) is 5.62. The molecule has 0 aromatic heterocycles. The molecule has 2 rings (SSSR count). The molecule has 0 unspecified atom stereocenters. The number of aryl methyl sites for hydroxylation is 1. The predicted octanol–water partition coefficient (Wildman–Crippen LogP) is 2.31. The van der Waals surface area contributed by atoms with Gasteiger partial charge in [-0.3, -0.25) is 5.32 Å². The van der Waals surface area contributed by atoms with Gasteiger partial charge >= 0.3 is 0 Å². The molecule has 1 atom stereocenters. The smallest absolute Gasteiger partial charge is 0.104 e. The Labute approximate surface area is 95.9 Å². The molecule has 0 saturated heterocycles. The topological polar surface area (TPSA) is 32.3 Å². The molecule has 0 bridgehead atoms. The van der Waals surface area contributed by atoms with E-state index in [1.165, 1.54) is 16.3 Å². The third-order valence-electron chi connectivity index (χ3n) is 2.85. The largest absolute Gasteiger partial charge is 0.379 e. The number of aliphatic hydroxyl groups excluding tert-OH is 1. The molecule has 0 saturated carbocycles. The van der Waals surface area contributed by atoms with E-state index in [0.717, 1.165) is 12.8 Å². The summed E-state index contributed by atoms with van der Waals surface area (Å²) in [6, 6.07) is 14.8. The van der Waals surface area contributed by atoms with Crippen LogP contribution in [-0.4, -0.2) is 18.4 Å². The Bertz CT molecular complexity index is 467. The highest BCUT2D eigenvalue weighted by atomic mass is 16.3. The second-order valence-electron chi connectivity index (χ2n) is 4.02. The molecule has 0 heterocycles. The molecule has 0 aliphatic rings. The van der Waals surface area contributed by atoms with Crippen LogP contribution in [0.4, 0.5) is 0 Å². The number of benzene rings is 2. The normalized spacial score (nSPS) is 12.9. The van der Waals surface area contributed by atoms with Gasteiger partial charge in [0.15, 0.2) is 0 Å². The van der Waals surface area contributed by atoms with E-state index in [9.17, 15) is 5.11 Å². The molecular weight excluding hydrogens is 198 g/mol. The highest BCUT2D eigenvalue weighted by molar-refractivity contribution is 5.82. The zero-order chi connectivity index (χ0) is 11.4. The predicted molar refractivity (Wildman–Crippen MR) is 67.3 cm³/mol. The van der Waals surface area contributed by atoms with E-state index in [1.807, 2.05) is 6.07 Å². The fourth-order valence-electron chi connectivity index (χ4n) is 1.84. The van der Waals surface area contributed by atoms with E-state index in [1.54, 1.807) is 7.05 Å². The zero-order valence-corrected chi connectivity index (χ0v) is 9.48. The maximum absolute atomic E-state index is 9.42. The molecule has 2 aromatic rings. The summed E-state index contributed by atoms with van der Waals surface area (Å²) in [6.07, 6.45) is 1.23. The Morgan fingerprint density at radius 1 is 1.12 bits per heavy atom. The van der Waals surface area contributed by atoms with E-state index in [0.29, 0.717) is 0 Å². The SMILES string of the molecule is CN[C@H](O)CCc1ccc2ccccc2c1. The summed E-state index contributed by atoms with van der Waals surface area (Å²) in [5.74, 6) is 0. The Kier molecular flexibility index (Phi) is 3.54. The van der Waals surface area contributed by atoms with Crippen molar-refractivity contribution >= 4 is 10.8 Å². The molecular formula is C14H17NO. The van der Waals surface area contributed by atoms with Crippen LogP contribution in [0.3, 0.4) is 0 Å². The van der Waals surface area contributed by atoms with Crippen LogP contribution < -0.4 is 5.32 Å². The van der Waals surface area contributed by atoms with Gasteiger partial charge in [-0.1, -0.05) is 42.5 Å². The summed E-state index contributed by atoms with van der Waals surface area (Å²) >= 11 is 0. The molecule has 2 aromatic carbocycles. The van der Waals surface area contributed by atoms with Crippen LogP contribution in [0.2, 0.25) is 0 Å². The fourth-order valence-corrected chi connectivity index (χ4v) is 1.84. The van der Waals surface area contributed by atoms with Crippen LogP contribution in [0.5, 0.6) is 0 Å². The second kappa shape index (κ2) is 5.10. The third-order valence-corrected chi connectivity index (χ3v) is 2.85.